The van der Waals surface area contributed by atoms with Gasteiger partial charge in [0.2, 0.25) is 0 Å². The Kier molecular flexibility index (Phi) is 7.07. The maximum Gasteiger partial charge on any atom is 0.411 e. The third kappa shape index (κ3) is 6.50. The molecule has 0 aliphatic rings. The highest BCUT2D eigenvalue weighted by Crippen LogP contribution is 2.26. The number of rotatable bonds is 8. The summed E-state index contributed by atoms with van der Waals surface area (Å²) in [5, 5.41) is 4.50. The number of thioether (sulfide) groups is 1. The number of hydrogen-bond donors (Lipinski definition) is 1. The summed E-state index contributed by atoms with van der Waals surface area (Å²) in [6.07, 6.45) is -4.36. The fourth-order valence-electron chi connectivity index (χ4n) is 1.76. The van der Waals surface area contributed by atoms with Crippen molar-refractivity contribution in [2.75, 3.05) is 19.8 Å². The lowest BCUT2D eigenvalue weighted by Crippen LogP contribution is -2.29. The molecule has 0 radical (unpaired) electrons. The number of thiazole rings is 1. The Morgan fingerprint density at radius 3 is 2.83 bits per heavy atom. The Balaban J connectivity index is 1.83. The molecule has 1 heterocycles. The third-order valence-electron chi connectivity index (χ3n) is 2.79. The Bertz CT molecular complexity index is 648. The molecule has 2 aromatic rings. The highest BCUT2D eigenvalue weighted by molar-refractivity contribution is 7.98. The molecule has 130 valence electrons. The second-order valence-corrected chi connectivity index (χ2v) is 6.42. The number of hydrogen-bond acceptors (Lipinski definition) is 5. The van der Waals surface area contributed by atoms with Gasteiger partial charge in [-0.05, 0) is 12.1 Å². The molecule has 0 saturated carbocycles. The van der Waals surface area contributed by atoms with Gasteiger partial charge in [-0.25, -0.2) is 4.98 Å². The van der Waals surface area contributed by atoms with E-state index in [9.17, 15) is 18.0 Å². The third-order valence-corrected chi connectivity index (χ3v) is 4.53. The van der Waals surface area contributed by atoms with Crippen LogP contribution in [0.25, 0.3) is 0 Å². The minimum atomic E-state index is -4.36. The Hall–Kier alpha value is -1.58. The minimum absolute atomic E-state index is 0.0139. The predicted octanol–water partition coefficient (Wildman–Crippen LogP) is 3.74. The molecule has 0 saturated heterocycles. The van der Waals surface area contributed by atoms with E-state index in [0.717, 1.165) is 10.6 Å². The number of carbonyl (C=O) groups excluding carboxylic acids is 1. The highest BCUT2D eigenvalue weighted by atomic mass is 32.2. The lowest BCUT2D eigenvalue weighted by molar-refractivity contribution is -0.173. The van der Waals surface area contributed by atoms with Gasteiger partial charge >= 0.3 is 6.18 Å². The number of halogens is 3. The number of ether oxygens (including phenoxy) is 1. The van der Waals surface area contributed by atoms with Crippen LogP contribution in [0.4, 0.5) is 13.2 Å². The largest absolute Gasteiger partial charge is 0.411 e. The fourth-order valence-corrected chi connectivity index (χ4v) is 3.38. The van der Waals surface area contributed by atoms with E-state index in [4.69, 9.17) is 0 Å². The second kappa shape index (κ2) is 9.05. The van der Waals surface area contributed by atoms with E-state index in [1.165, 1.54) is 23.1 Å². The Labute approximate surface area is 145 Å². The first kappa shape index (κ1) is 18.8. The van der Waals surface area contributed by atoms with Crippen LogP contribution in [-0.2, 0) is 10.5 Å². The van der Waals surface area contributed by atoms with E-state index in [1.54, 1.807) is 17.6 Å². The number of carbonyl (C=O) groups is 1. The zero-order chi connectivity index (χ0) is 17.4. The van der Waals surface area contributed by atoms with Crippen molar-refractivity contribution in [3.63, 3.8) is 0 Å². The monoisotopic (exact) mass is 376 g/mol. The number of alkyl halides is 3. The van der Waals surface area contributed by atoms with Crippen LogP contribution in [0.5, 0.6) is 0 Å². The molecular weight excluding hydrogens is 361 g/mol. The normalized spacial score (nSPS) is 11.5. The molecule has 1 aromatic carbocycles. The molecule has 2 rings (SSSR count). The van der Waals surface area contributed by atoms with Crippen molar-refractivity contribution in [1.82, 2.24) is 10.3 Å². The molecule has 0 aliphatic carbocycles. The minimum Gasteiger partial charge on any atom is -0.370 e. The van der Waals surface area contributed by atoms with Crippen molar-refractivity contribution in [3.05, 3.63) is 46.4 Å². The Morgan fingerprint density at radius 2 is 2.12 bits per heavy atom. The van der Waals surface area contributed by atoms with Crippen LogP contribution in [0.2, 0.25) is 0 Å². The standard InChI is InChI=1S/C15H15F3N2O2S2/c16-15(17,18)9-22-6-5-19-14(21)12-3-1-2-4-13(12)24-8-11-7-23-10-20-11/h1-4,7,10H,5-6,8-9H2,(H,19,21). The average molecular weight is 376 g/mol. The van der Waals surface area contributed by atoms with Crippen LogP contribution in [-0.4, -0.2) is 36.8 Å². The van der Waals surface area contributed by atoms with Crippen LogP contribution in [0.15, 0.2) is 40.1 Å². The van der Waals surface area contributed by atoms with Crippen molar-refractivity contribution in [2.24, 2.45) is 0 Å². The van der Waals surface area contributed by atoms with Crippen molar-refractivity contribution < 1.29 is 22.7 Å². The molecule has 0 bridgehead atoms. The van der Waals surface area contributed by atoms with Crippen LogP contribution in [0.1, 0.15) is 16.1 Å². The first-order chi connectivity index (χ1) is 11.5. The van der Waals surface area contributed by atoms with E-state index in [2.05, 4.69) is 15.0 Å². The second-order valence-electron chi connectivity index (χ2n) is 4.69. The summed E-state index contributed by atoms with van der Waals surface area (Å²) >= 11 is 2.99. The van der Waals surface area contributed by atoms with Crippen LogP contribution in [0.3, 0.4) is 0 Å². The van der Waals surface area contributed by atoms with Crippen LogP contribution >= 0.6 is 23.1 Å². The lowest BCUT2D eigenvalue weighted by atomic mass is 10.2. The van der Waals surface area contributed by atoms with Gasteiger partial charge < -0.3 is 10.1 Å². The van der Waals surface area contributed by atoms with E-state index < -0.39 is 12.8 Å². The molecule has 0 unspecified atom stereocenters. The quantitative estimate of drug-likeness (QED) is 0.563. The summed E-state index contributed by atoms with van der Waals surface area (Å²) in [6.45, 7) is -1.50. The molecule has 24 heavy (non-hydrogen) atoms. The van der Waals surface area contributed by atoms with Gasteiger partial charge in [0.1, 0.15) is 6.61 Å². The molecule has 1 amide bonds. The number of benzene rings is 1. The first-order valence-electron chi connectivity index (χ1n) is 6.97. The summed E-state index contributed by atoms with van der Waals surface area (Å²) in [7, 11) is 0. The first-order valence-corrected chi connectivity index (χ1v) is 8.90. The summed E-state index contributed by atoms with van der Waals surface area (Å²) in [5.74, 6) is 0.301. The summed E-state index contributed by atoms with van der Waals surface area (Å²) in [4.78, 5) is 17.1. The van der Waals surface area contributed by atoms with Crippen molar-refractivity contribution in [2.45, 2.75) is 16.8 Å². The summed E-state index contributed by atoms with van der Waals surface area (Å²) in [6, 6.07) is 7.07. The van der Waals surface area contributed by atoms with E-state index in [1.807, 2.05) is 17.5 Å². The summed E-state index contributed by atoms with van der Waals surface area (Å²) in [5.41, 5.74) is 3.16. The van der Waals surface area contributed by atoms with E-state index in [-0.39, 0.29) is 19.1 Å². The van der Waals surface area contributed by atoms with Gasteiger partial charge in [-0.15, -0.1) is 23.1 Å². The molecule has 4 nitrogen and oxygen atoms in total. The molecule has 0 spiro atoms. The van der Waals surface area contributed by atoms with Gasteiger partial charge in [-0.2, -0.15) is 13.2 Å². The van der Waals surface area contributed by atoms with Crippen LogP contribution in [0, 0.1) is 0 Å². The van der Waals surface area contributed by atoms with Crippen LogP contribution < -0.4 is 5.32 Å². The van der Waals surface area contributed by atoms with Gasteiger partial charge in [0.05, 0.1) is 23.4 Å². The molecule has 9 heteroatoms. The number of nitrogens with one attached hydrogen (secondary N) is 1. The number of nitrogens with zero attached hydrogens (tertiary/aromatic N) is 1. The zero-order valence-corrected chi connectivity index (χ0v) is 14.1. The molecular formula is C15H15F3N2O2S2. The molecule has 1 N–H and O–H groups in total. The van der Waals surface area contributed by atoms with Crippen molar-refractivity contribution >= 4 is 29.0 Å². The topological polar surface area (TPSA) is 51.2 Å². The summed E-state index contributed by atoms with van der Waals surface area (Å²) < 4.78 is 40.3. The van der Waals surface area contributed by atoms with Crippen molar-refractivity contribution in [3.8, 4) is 0 Å². The zero-order valence-electron chi connectivity index (χ0n) is 12.5. The maximum absolute atomic E-state index is 12.2. The Morgan fingerprint density at radius 1 is 1.33 bits per heavy atom. The predicted molar refractivity (Wildman–Crippen MR) is 87.3 cm³/mol. The maximum atomic E-state index is 12.2. The van der Waals surface area contributed by atoms with Gasteiger partial charge in [-0.3, -0.25) is 4.79 Å². The molecule has 1 aromatic heterocycles. The average Bonchev–Trinajstić information content (AvgIpc) is 3.05. The lowest BCUT2D eigenvalue weighted by Gasteiger charge is -2.10. The SMILES string of the molecule is O=C(NCCOCC(F)(F)F)c1ccccc1SCc1cscn1. The molecule has 0 atom stereocenters. The van der Waals surface area contributed by atoms with Gasteiger partial charge in [0, 0.05) is 22.6 Å². The molecule has 0 aliphatic heterocycles. The number of aromatic nitrogens is 1. The van der Waals surface area contributed by atoms with Gasteiger partial charge in [0.15, 0.2) is 0 Å². The number of amides is 1. The van der Waals surface area contributed by atoms with Crippen molar-refractivity contribution in [1.29, 1.82) is 0 Å². The van der Waals surface area contributed by atoms with Gasteiger partial charge in [0.25, 0.3) is 5.91 Å². The smallest absolute Gasteiger partial charge is 0.370 e. The van der Waals surface area contributed by atoms with Gasteiger partial charge in [-0.1, -0.05) is 12.1 Å². The highest BCUT2D eigenvalue weighted by Gasteiger charge is 2.27. The van der Waals surface area contributed by atoms with E-state index in [0.29, 0.717) is 11.3 Å². The van der Waals surface area contributed by atoms with E-state index >= 15 is 0 Å². The fraction of sp³-hybridized carbons (Fsp3) is 0.333. The molecule has 0 fully saturated rings.